The van der Waals surface area contributed by atoms with Gasteiger partial charge in [-0.1, -0.05) is 6.42 Å². The summed E-state index contributed by atoms with van der Waals surface area (Å²) in [6.45, 7) is 2.53. The fourth-order valence-corrected chi connectivity index (χ4v) is 5.66. The third-order valence-electron chi connectivity index (χ3n) is 6.82. The highest BCUT2D eigenvalue weighted by atomic mass is 16.6. The molecule has 0 aromatic heterocycles. The zero-order valence-electron chi connectivity index (χ0n) is 13.1. The van der Waals surface area contributed by atoms with E-state index < -0.39 is 0 Å². The minimum Gasteiger partial charge on any atom is -0.378 e. The smallest absolute Gasteiger partial charge is 0.0939 e. The number of hydrazine groups is 1. The SMILES string of the molecule is NNC(CC1CC2CCC1C2)C1CCOC2(CCOC2)C1. The zero-order chi connectivity index (χ0) is 14.3. The van der Waals surface area contributed by atoms with Crippen LogP contribution in [0.3, 0.4) is 0 Å². The summed E-state index contributed by atoms with van der Waals surface area (Å²) < 4.78 is 11.7. The topological polar surface area (TPSA) is 56.5 Å². The Hall–Kier alpha value is -0.160. The summed E-state index contributed by atoms with van der Waals surface area (Å²) in [6, 6.07) is 0.468. The highest BCUT2D eigenvalue weighted by molar-refractivity contribution is 4.96. The van der Waals surface area contributed by atoms with Gasteiger partial charge in [-0.2, -0.15) is 0 Å². The van der Waals surface area contributed by atoms with Crippen molar-refractivity contribution >= 4 is 0 Å². The van der Waals surface area contributed by atoms with Crippen molar-refractivity contribution in [1.82, 2.24) is 5.43 Å². The number of ether oxygens (including phenoxy) is 2. The first-order valence-corrected chi connectivity index (χ1v) is 8.96. The fraction of sp³-hybridized carbons (Fsp3) is 1.00. The third kappa shape index (κ3) is 2.76. The van der Waals surface area contributed by atoms with Crippen molar-refractivity contribution in [1.29, 1.82) is 0 Å². The second kappa shape index (κ2) is 5.80. The van der Waals surface area contributed by atoms with Crippen LogP contribution in [0.15, 0.2) is 0 Å². The van der Waals surface area contributed by atoms with Crippen molar-refractivity contribution in [3.8, 4) is 0 Å². The monoisotopic (exact) mass is 294 g/mol. The average Bonchev–Trinajstić information content (AvgIpc) is 3.22. The maximum Gasteiger partial charge on any atom is 0.0939 e. The summed E-state index contributed by atoms with van der Waals surface area (Å²) in [5.74, 6) is 9.55. The minimum atomic E-state index is 0.00664. The summed E-state index contributed by atoms with van der Waals surface area (Å²) in [5.41, 5.74) is 3.17. The van der Waals surface area contributed by atoms with E-state index in [9.17, 15) is 0 Å². The molecule has 4 nitrogen and oxygen atoms in total. The molecule has 3 N–H and O–H groups in total. The fourth-order valence-electron chi connectivity index (χ4n) is 5.66. The molecular formula is C17H30N2O2. The summed E-state index contributed by atoms with van der Waals surface area (Å²) >= 11 is 0. The van der Waals surface area contributed by atoms with Gasteiger partial charge in [0.1, 0.15) is 0 Å². The van der Waals surface area contributed by atoms with Crippen LogP contribution in [0.2, 0.25) is 0 Å². The van der Waals surface area contributed by atoms with Crippen molar-refractivity contribution in [3.05, 3.63) is 0 Å². The van der Waals surface area contributed by atoms with E-state index in [2.05, 4.69) is 5.43 Å². The molecule has 2 bridgehead atoms. The number of nitrogens with one attached hydrogen (secondary N) is 1. The van der Waals surface area contributed by atoms with Crippen LogP contribution in [0.5, 0.6) is 0 Å². The van der Waals surface area contributed by atoms with Crippen LogP contribution >= 0.6 is 0 Å². The Kier molecular flexibility index (Phi) is 3.99. The number of rotatable bonds is 4. The van der Waals surface area contributed by atoms with Crippen LogP contribution in [0.1, 0.15) is 51.4 Å². The van der Waals surface area contributed by atoms with Crippen molar-refractivity contribution in [2.45, 2.75) is 63.0 Å². The van der Waals surface area contributed by atoms with Gasteiger partial charge in [-0.15, -0.1) is 0 Å². The minimum absolute atomic E-state index is 0.00664. The second-order valence-electron chi connectivity index (χ2n) is 8.03. The van der Waals surface area contributed by atoms with Crippen LogP contribution in [0.4, 0.5) is 0 Å². The maximum absolute atomic E-state index is 6.08. The van der Waals surface area contributed by atoms with Crippen LogP contribution in [0, 0.1) is 23.7 Å². The lowest BCUT2D eigenvalue weighted by Gasteiger charge is -2.41. The van der Waals surface area contributed by atoms with Gasteiger partial charge in [0.25, 0.3) is 0 Å². The van der Waals surface area contributed by atoms with E-state index in [-0.39, 0.29) is 5.60 Å². The van der Waals surface area contributed by atoms with Gasteiger partial charge in [0.15, 0.2) is 0 Å². The lowest BCUT2D eigenvalue weighted by Crippen LogP contribution is -2.50. The summed E-state index contributed by atoms with van der Waals surface area (Å²) in [7, 11) is 0. The molecule has 0 amide bonds. The van der Waals surface area contributed by atoms with Gasteiger partial charge in [0.2, 0.25) is 0 Å². The van der Waals surface area contributed by atoms with Crippen LogP contribution in [-0.4, -0.2) is 31.5 Å². The molecule has 2 saturated heterocycles. The molecule has 4 fully saturated rings. The molecule has 120 valence electrons. The van der Waals surface area contributed by atoms with Gasteiger partial charge in [0.05, 0.1) is 12.2 Å². The normalized spacial score (nSPS) is 47.3. The summed E-state index contributed by atoms with van der Waals surface area (Å²) in [4.78, 5) is 0. The molecule has 2 saturated carbocycles. The van der Waals surface area contributed by atoms with E-state index in [4.69, 9.17) is 15.3 Å². The number of hydrogen-bond acceptors (Lipinski definition) is 4. The van der Waals surface area contributed by atoms with Crippen molar-refractivity contribution in [2.75, 3.05) is 19.8 Å². The highest BCUT2D eigenvalue weighted by Crippen LogP contribution is 2.50. The van der Waals surface area contributed by atoms with E-state index in [1.165, 1.54) is 32.1 Å². The van der Waals surface area contributed by atoms with E-state index in [1.54, 1.807) is 0 Å². The van der Waals surface area contributed by atoms with Crippen molar-refractivity contribution < 1.29 is 9.47 Å². The molecule has 0 aromatic rings. The summed E-state index contributed by atoms with van der Waals surface area (Å²) in [6.07, 6.45) is 10.5. The van der Waals surface area contributed by atoms with E-state index in [0.717, 1.165) is 56.8 Å². The average molecular weight is 294 g/mol. The molecule has 4 rings (SSSR count). The van der Waals surface area contributed by atoms with Crippen molar-refractivity contribution in [3.63, 3.8) is 0 Å². The number of nitrogens with two attached hydrogens (primary N) is 1. The number of fused-ring (bicyclic) bond motifs is 2. The van der Waals surface area contributed by atoms with Crippen LogP contribution < -0.4 is 11.3 Å². The van der Waals surface area contributed by atoms with Gasteiger partial charge >= 0.3 is 0 Å². The second-order valence-corrected chi connectivity index (χ2v) is 8.03. The Morgan fingerprint density at radius 3 is 2.81 bits per heavy atom. The number of hydrogen-bond donors (Lipinski definition) is 2. The lowest BCUT2D eigenvalue weighted by molar-refractivity contribution is -0.104. The lowest BCUT2D eigenvalue weighted by atomic mass is 9.76. The molecule has 2 aliphatic heterocycles. The van der Waals surface area contributed by atoms with E-state index >= 15 is 0 Å². The molecule has 2 aliphatic carbocycles. The first-order valence-electron chi connectivity index (χ1n) is 8.96. The van der Waals surface area contributed by atoms with Crippen molar-refractivity contribution in [2.24, 2.45) is 29.5 Å². The molecule has 6 unspecified atom stereocenters. The molecule has 1 spiro atoms. The van der Waals surface area contributed by atoms with E-state index in [1.807, 2.05) is 0 Å². The Morgan fingerprint density at radius 1 is 1.19 bits per heavy atom. The molecule has 0 aromatic carbocycles. The molecule has 2 heterocycles. The first-order chi connectivity index (χ1) is 10.3. The Bertz CT molecular complexity index is 370. The summed E-state index contributed by atoms with van der Waals surface area (Å²) in [5, 5.41) is 0. The first kappa shape index (κ1) is 14.4. The van der Waals surface area contributed by atoms with Gasteiger partial charge < -0.3 is 9.47 Å². The van der Waals surface area contributed by atoms with Crippen LogP contribution in [-0.2, 0) is 9.47 Å². The largest absolute Gasteiger partial charge is 0.378 e. The molecule has 0 radical (unpaired) electrons. The standard InChI is InChI=1S/C17H30N2O2/c18-19-16(9-15-8-12-1-2-13(15)7-12)14-3-5-21-17(10-14)4-6-20-11-17/h12-16,19H,1-11,18H2. The Balaban J connectivity index is 1.38. The third-order valence-corrected chi connectivity index (χ3v) is 6.82. The quantitative estimate of drug-likeness (QED) is 0.617. The van der Waals surface area contributed by atoms with Gasteiger partial charge in [-0.25, -0.2) is 0 Å². The molecule has 21 heavy (non-hydrogen) atoms. The molecule has 6 atom stereocenters. The molecule has 4 heteroatoms. The highest BCUT2D eigenvalue weighted by Gasteiger charge is 2.45. The van der Waals surface area contributed by atoms with Gasteiger partial charge in [0, 0.05) is 25.7 Å². The van der Waals surface area contributed by atoms with E-state index in [0.29, 0.717) is 12.0 Å². The zero-order valence-corrected chi connectivity index (χ0v) is 13.1. The van der Waals surface area contributed by atoms with Gasteiger partial charge in [-0.05, 0) is 62.2 Å². The molecular weight excluding hydrogens is 264 g/mol. The maximum atomic E-state index is 6.08. The predicted molar refractivity (Wildman–Crippen MR) is 81.5 cm³/mol. The van der Waals surface area contributed by atoms with Crippen LogP contribution in [0.25, 0.3) is 0 Å². The predicted octanol–water partition coefficient (Wildman–Crippen LogP) is 2.23. The Labute approximate surface area is 128 Å². The Morgan fingerprint density at radius 2 is 2.14 bits per heavy atom. The molecule has 4 aliphatic rings. The van der Waals surface area contributed by atoms with Gasteiger partial charge in [-0.3, -0.25) is 11.3 Å².